The average molecular weight is 263 g/mol. The number of hydrogen-bond acceptors (Lipinski definition) is 1. The Morgan fingerprint density at radius 1 is 1.05 bits per heavy atom. The van der Waals surface area contributed by atoms with E-state index in [-0.39, 0.29) is 0 Å². The predicted octanol–water partition coefficient (Wildman–Crippen LogP) is 4.62. The van der Waals surface area contributed by atoms with Gasteiger partial charge in [-0.1, -0.05) is 20.3 Å². The maximum absolute atomic E-state index is 3.66. The van der Waals surface area contributed by atoms with Crippen LogP contribution in [0.3, 0.4) is 0 Å². The summed E-state index contributed by atoms with van der Waals surface area (Å²) in [5.74, 6) is 4.16. The normalized spacial score (nSPS) is 43.4. The Morgan fingerprint density at radius 2 is 1.58 bits per heavy atom. The molecule has 4 rings (SSSR count). The molecule has 0 heterocycles. The molecule has 110 valence electrons. The van der Waals surface area contributed by atoms with Crippen LogP contribution in [-0.2, 0) is 0 Å². The van der Waals surface area contributed by atoms with Gasteiger partial charge in [-0.15, -0.1) is 0 Å². The fourth-order valence-electron chi connectivity index (χ4n) is 6.25. The molecule has 4 saturated carbocycles. The van der Waals surface area contributed by atoms with Gasteiger partial charge in [-0.25, -0.2) is 0 Å². The zero-order valence-corrected chi connectivity index (χ0v) is 13.3. The van der Waals surface area contributed by atoms with E-state index in [2.05, 4.69) is 26.2 Å². The molecule has 4 bridgehead atoms. The Bertz CT molecular complexity index is 274. The molecule has 0 aliphatic heterocycles. The fraction of sp³-hybridized carbons (Fsp3) is 1.00. The van der Waals surface area contributed by atoms with Crippen LogP contribution >= 0.6 is 0 Å². The topological polar surface area (TPSA) is 12.0 Å². The van der Waals surface area contributed by atoms with Crippen LogP contribution in [0.15, 0.2) is 0 Å². The Hall–Kier alpha value is -0.0400. The van der Waals surface area contributed by atoms with Gasteiger partial charge in [0, 0.05) is 6.04 Å². The van der Waals surface area contributed by atoms with Crippen molar-refractivity contribution in [2.75, 3.05) is 7.05 Å². The second kappa shape index (κ2) is 5.39. The number of hydrogen-bond donors (Lipinski definition) is 1. The first-order valence-corrected chi connectivity index (χ1v) is 8.81. The smallest absolute Gasteiger partial charge is 0.00949 e. The number of rotatable bonds is 6. The summed E-state index contributed by atoms with van der Waals surface area (Å²) in [6.07, 6.45) is 13.6. The first-order chi connectivity index (χ1) is 9.14. The molecule has 2 atom stereocenters. The lowest BCUT2D eigenvalue weighted by molar-refractivity contribution is -0.0643. The van der Waals surface area contributed by atoms with E-state index >= 15 is 0 Å². The van der Waals surface area contributed by atoms with E-state index in [1.54, 1.807) is 38.5 Å². The molecule has 4 aliphatic carbocycles. The van der Waals surface area contributed by atoms with Crippen LogP contribution in [0, 0.1) is 29.1 Å². The van der Waals surface area contributed by atoms with Crippen molar-refractivity contribution in [3.05, 3.63) is 0 Å². The highest BCUT2D eigenvalue weighted by molar-refractivity contribution is 5.02. The highest BCUT2D eigenvalue weighted by atomic mass is 14.9. The highest BCUT2D eigenvalue weighted by Crippen LogP contribution is 2.61. The summed E-state index contributed by atoms with van der Waals surface area (Å²) in [7, 11) is 2.19. The molecule has 0 radical (unpaired) electrons. The summed E-state index contributed by atoms with van der Waals surface area (Å²) in [5.41, 5.74) is 0.741. The minimum absolute atomic E-state index is 0.741. The summed E-state index contributed by atoms with van der Waals surface area (Å²) in [6, 6.07) is 0.760. The summed E-state index contributed by atoms with van der Waals surface area (Å²) >= 11 is 0. The molecule has 1 nitrogen and oxygen atoms in total. The number of nitrogens with one attached hydrogen (secondary N) is 1. The molecule has 0 aromatic heterocycles. The Kier molecular flexibility index (Phi) is 3.95. The van der Waals surface area contributed by atoms with Crippen LogP contribution in [0.5, 0.6) is 0 Å². The zero-order valence-electron chi connectivity index (χ0n) is 13.3. The summed E-state index contributed by atoms with van der Waals surface area (Å²) < 4.78 is 0. The van der Waals surface area contributed by atoms with Crippen molar-refractivity contribution >= 4 is 0 Å². The maximum Gasteiger partial charge on any atom is 0.00949 e. The average Bonchev–Trinajstić information content (AvgIpc) is 2.34. The standard InChI is InChI=1S/C18H33N/c1-4-5-13(2)17(19-3)12-18-9-14-6-15(10-18)8-16(7-14)11-18/h13-17,19H,4-12H2,1-3H3. The summed E-state index contributed by atoms with van der Waals surface area (Å²) in [6.45, 7) is 4.79. The van der Waals surface area contributed by atoms with Crippen molar-refractivity contribution in [1.82, 2.24) is 5.32 Å². The van der Waals surface area contributed by atoms with Gasteiger partial charge >= 0.3 is 0 Å². The van der Waals surface area contributed by atoms with Crippen LogP contribution < -0.4 is 5.32 Å². The van der Waals surface area contributed by atoms with Gasteiger partial charge in [0.05, 0.1) is 0 Å². The van der Waals surface area contributed by atoms with E-state index in [0.717, 1.165) is 35.1 Å². The minimum Gasteiger partial charge on any atom is -0.317 e. The lowest BCUT2D eigenvalue weighted by Gasteiger charge is -2.58. The van der Waals surface area contributed by atoms with E-state index in [9.17, 15) is 0 Å². The van der Waals surface area contributed by atoms with Gasteiger partial charge in [0.25, 0.3) is 0 Å². The SMILES string of the molecule is CCCC(C)C(CC12CC3CC(CC(C3)C1)C2)NC. The highest BCUT2D eigenvalue weighted by Gasteiger charge is 2.51. The maximum atomic E-state index is 3.66. The Labute approximate surface area is 119 Å². The molecule has 19 heavy (non-hydrogen) atoms. The van der Waals surface area contributed by atoms with Gasteiger partial charge in [-0.2, -0.15) is 0 Å². The molecule has 4 aliphatic rings. The van der Waals surface area contributed by atoms with E-state index in [1.807, 2.05) is 0 Å². The molecule has 4 fully saturated rings. The first-order valence-electron chi connectivity index (χ1n) is 8.81. The molecule has 0 aromatic carbocycles. The molecular formula is C18H33N. The largest absolute Gasteiger partial charge is 0.317 e. The van der Waals surface area contributed by atoms with E-state index in [4.69, 9.17) is 0 Å². The van der Waals surface area contributed by atoms with Crippen molar-refractivity contribution in [2.24, 2.45) is 29.1 Å². The molecule has 1 heteroatoms. The van der Waals surface area contributed by atoms with Crippen LogP contribution in [0.2, 0.25) is 0 Å². The van der Waals surface area contributed by atoms with Crippen molar-refractivity contribution < 1.29 is 0 Å². The lowest BCUT2D eigenvalue weighted by Crippen LogP contribution is -2.49. The monoisotopic (exact) mass is 263 g/mol. The van der Waals surface area contributed by atoms with Gasteiger partial charge < -0.3 is 5.32 Å². The Balaban J connectivity index is 1.67. The summed E-state index contributed by atoms with van der Waals surface area (Å²) in [5, 5.41) is 3.66. The third-order valence-corrected chi connectivity index (χ3v) is 6.62. The van der Waals surface area contributed by atoms with E-state index in [0.29, 0.717) is 0 Å². The van der Waals surface area contributed by atoms with E-state index < -0.39 is 0 Å². The molecule has 0 amide bonds. The van der Waals surface area contributed by atoms with Crippen LogP contribution in [-0.4, -0.2) is 13.1 Å². The Morgan fingerprint density at radius 3 is 2.00 bits per heavy atom. The molecule has 0 aromatic rings. The zero-order chi connectivity index (χ0) is 13.5. The van der Waals surface area contributed by atoms with Gasteiger partial charge in [0.15, 0.2) is 0 Å². The first kappa shape index (κ1) is 13.9. The van der Waals surface area contributed by atoms with Gasteiger partial charge in [-0.05, 0) is 87.5 Å². The lowest BCUT2D eigenvalue weighted by atomic mass is 9.48. The quantitative estimate of drug-likeness (QED) is 0.737. The molecule has 2 unspecified atom stereocenters. The van der Waals surface area contributed by atoms with Crippen LogP contribution in [0.4, 0.5) is 0 Å². The van der Waals surface area contributed by atoms with Gasteiger partial charge in [0.1, 0.15) is 0 Å². The molecule has 0 spiro atoms. The van der Waals surface area contributed by atoms with Crippen LogP contribution in [0.1, 0.15) is 71.6 Å². The molecule has 0 saturated heterocycles. The minimum atomic E-state index is 0.741. The van der Waals surface area contributed by atoms with Crippen LogP contribution in [0.25, 0.3) is 0 Å². The van der Waals surface area contributed by atoms with Crippen molar-refractivity contribution in [3.8, 4) is 0 Å². The van der Waals surface area contributed by atoms with E-state index in [1.165, 1.54) is 19.3 Å². The fourth-order valence-corrected chi connectivity index (χ4v) is 6.25. The van der Waals surface area contributed by atoms with Gasteiger partial charge in [-0.3, -0.25) is 0 Å². The third kappa shape index (κ3) is 2.73. The molecule has 1 N–H and O–H groups in total. The summed E-state index contributed by atoms with van der Waals surface area (Å²) in [4.78, 5) is 0. The predicted molar refractivity (Wildman–Crippen MR) is 82.1 cm³/mol. The third-order valence-electron chi connectivity index (χ3n) is 6.62. The van der Waals surface area contributed by atoms with Crippen molar-refractivity contribution in [2.45, 2.75) is 77.7 Å². The van der Waals surface area contributed by atoms with Crippen molar-refractivity contribution in [3.63, 3.8) is 0 Å². The molecular weight excluding hydrogens is 230 g/mol. The van der Waals surface area contributed by atoms with Gasteiger partial charge in [0.2, 0.25) is 0 Å². The van der Waals surface area contributed by atoms with Crippen molar-refractivity contribution in [1.29, 1.82) is 0 Å². The second-order valence-corrected chi connectivity index (χ2v) is 8.28. The second-order valence-electron chi connectivity index (χ2n) is 8.28.